The van der Waals surface area contributed by atoms with Gasteiger partial charge in [-0.2, -0.15) is 0 Å². The van der Waals surface area contributed by atoms with E-state index < -0.39 is 0 Å². The van der Waals surface area contributed by atoms with Crippen molar-refractivity contribution in [1.82, 2.24) is 10.3 Å². The fraction of sp³-hybridized carbons (Fsp3) is 0.533. The van der Waals surface area contributed by atoms with E-state index in [0.29, 0.717) is 18.8 Å². The number of pyridine rings is 1. The third-order valence-corrected chi connectivity index (χ3v) is 2.84. The molecule has 5 heteroatoms. The molecule has 0 aliphatic carbocycles. The van der Waals surface area contributed by atoms with Gasteiger partial charge in [-0.05, 0) is 24.1 Å². The minimum absolute atomic E-state index is 0.00618. The van der Waals surface area contributed by atoms with Crippen molar-refractivity contribution in [1.29, 1.82) is 0 Å². The van der Waals surface area contributed by atoms with Crippen LogP contribution >= 0.6 is 0 Å². The molecule has 1 aromatic heterocycles. The first-order valence-electron chi connectivity index (χ1n) is 6.93. The number of nitrogens with zero attached hydrogens (tertiary/aromatic N) is 1. The zero-order valence-electron chi connectivity index (χ0n) is 12.6. The molecule has 0 radical (unpaired) electrons. The largest absolute Gasteiger partial charge is 0.356 e. The summed E-state index contributed by atoms with van der Waals surface area (Å²) < 4.78 is 0. The Morgan fingerprint density at radius 2 is 1.80 bits per heavy atom. The van der Waals surface area contributed by atoms with Crippen molar-refractivity contribution in [2.75, 3.05) is 11.9 Å². The summed E-state index contributed by atoms with van der Waals surface area (Å²) in [4.78, 5) is 27.1. The van der Waals surface area contributed by atoms with Crippen LogP contribution in [0.3, 0.4) is 0 Å². The van der Waals surface area contributed by atoms with Crippen LogP contribution in [0.2, 0.25) is 0 Å². The van der Waals surface area contributed by atoms with Crippen LogP contribution < -0.4 is 10.6 Å². The van der Waals surface area contributed by atoms with Gasteiger partial charge in [0.05, 0.1) is 0 Å². The van der Waals surface area contributed by atoms with Crippen LogP contribution in [0.15, 0.2) is 18.3 Å². The lowest BCUT2D eigenvalue weighted by atomic mass is 10.1. The lowest BCUT2D eigenvalue weighted by Crippen LogP contribution is -2.29. The topological polar surface area (TPSA) is 71.1 Å². The van der Waals surface area contributed by atoms with E-state index in [4.69, 9.17) is 0 Å². The molecule has 0 saturated carbocycles. The summed E-state index contributed by atoms with van der Waals surface area (Å²) in [5.41, 5.74) is 1.03. The quantitative estimate of drug-likeness (QED) is 0.835. The fourth-order valence-electron chi connectivity index (χ4n) is 1.50. The van der Waals surface area contributed by atoms with Crippen molar-refractivity contribution >= 4 is 17.6 Å². The maximum Gasteiger partial charge on any atom is 0.228 e. The summed E-state index contributed by atoms with van der Waals surface area (Å²) in [5.74, 6) is 0.464. The highest BCUT2D eigenvalue weighted by atomic mass is 16.2. The van der Waals surface area contributed by atoms with Crippen LogP contribution in [-0.2, 0) is 16.0 Å². The first-order chi connectivity index (χ1) is 9.40. The van der Waals surface area contributed by atoms with E-state index in [1.807, 2.05) is 39.8 Å². The summed E-state index contributed by atoms with van der Waals surface area (Å²) in [6.07, 6.45) is 2.38. The molecule has 2 N–H and O–H groups in total. The van der Waals surface area contributed by atoms with E-state index in [9.17, 15) is 9.59 Å². The molecule has 0 saturated heterocycles. The molecule has 0 spiro atoms. The molecular formula is C15H23N3O2. The number of rotatable bonds is 6. The number of aromatic nitrogens is 1. The Bertz CT molecular complexity index is 470. The Hall–Kier alpha value is -1.91. The van der Waals surface area contributed by atoms with E-state index in [2.05, 4.69) is 15.6 Å². The molecule has 1 heterocycles. The molecule has 0 fully saturated rings. The fourth-order valence-corrected chi connectivity index (χ4v) is 1.50. The van der Waals surface area contributed by atoms with E-state index in [1.54, 1.807) is 6.20 Å². The van der Waals surface area contributed by atoms with Crippen LogP contribution in [0.1, 0.15) is 33.3 Å². The van der Waals surface area contributed by atoms with Gasteiger partial charge in [0.1, 0.15) is 5.82 Å². The average molecular weight is 277 g/mol. The van der Waals surface area contributed by atoms with Crippen LogP contribution in [0.4, 0.5) is 5.82 Å². The number of carbonyl (C=O) groups excluding carboxylic acids is 2. The van der Waals surface area contributed by atoms with Crippen LogP contribution in [0, 0.1) is 11.8 Å². The van der Waals surface area contributed by atoms with Gasteiger partial charge in [-0.1, -0.05) is 27.7 Å². The Balaban J connectivity index is 2.52. The van der Waals surface area contributed by atoms with E-state index in [1.165, 1.54) is 0 Å². The highest BCUT2D eigenvalue weighted by molar-refractivity contribution is 5.91. The molecule has 20 heavy (non-hydrogen) atoms. The third kappa shape index (κ3) is 5.38. The molecule has 1 aromatic rings. The Kier molecular flexibility index (Phi) is 6.15. The van der Waals surface area contributed by atoms with Crippen molar-refractivity contribution in [3.8, 4) is 0 Å². The number of carbonyl (C=O) groups is 2. The zero-order chi connectivity index (χ0) is 15.1. The molecule has 0 atom stereocenters. The molecule has 110 valence electrons. The van der Waals surface area contributed by atoms with Gasteiger partial charge >= 0.3 is 0 Å². The third-order valence-electron chi connectivity index (χ3n) is 2.84. The Morgan fingerprint density at radius 1 is 1.15 bits per heavy atom. The van der Waals surface area contributed by atoms with Crippen molar-refractivity contribution in [3.63, 3.8) is 0 Å². The summed E-state index contributed by atoms with van der Waals surface area (Å²) in [6.45, 7) is 7.97. The molecule has 0 aromatic carbocycles. The smallest absolute Gasteiger partial charge is 0.228 e. The second-order valence-electron chi connectivity index (χ2n) is 5.39. The van der Waals surface area contributed by atoms with Gasteiger partial charge in [0, 0.05) is 24.6 Å². The first kappa shape index (κ1) is 16.1. The highest BCUT2D eigenvalue weighted by Crippen LogP contribution is 2.09. The molecule has 5 nitrogen and oxygen atoms in total. The maximum absolute atomic E-state index is 11.6. The Labute approximate surface area is 120 Å². The highest BCUT2D eigenvalue weighted by Gasteiger charge is 2.08. The van der Waals surface area contributed by atoms with E-state index >= 15 is 0 Å². The van der Waals surface area contributed by atoms with Gasteiger partial charge in [-0.25, -0.2) is 4.98 Å². The molecule has 2 amide bonds. The zero-order valence-corrected chi connectivity index (χ0v) is 12.6. The molecular weight excluding hydrogens is 254 g/mol. The van der Waals surface area contributed by atoms with Gasteiger partial charge in [-0.15, -0.1) is 0 Å². The molecule has 0 unspecified atom stereocenters. The van der Waals surface area contributed by atoms with Crippen molar-refractivity contribution in [2.24, 2.45) is 11.8 Å². The molecule has 0 aliphatic heterocycles. The maximum atomic E-state index is 11.6. The van der Waals surface area contributed by atoms with Crippen LogP contribution in [-0.4, -0.2) is 23.3 Å². The van der Waals surface area contributed by atoms with Crippen LogP contribution in [0.5, 0.6) is 0 Å². The summed E-state index contributed by atoms with van der Waals surface area (Å²) in [5, 5.41) is 5.62. The minimum atomic E-state index is -0.0780. The average Bonchev–Trinajstić information content (AvgIpc) is 2.38. The summed E-state index contributed by atoms with van der Waals surface area (Å²) in [6, 6.07) is 3.72. The number of hydrogen-bond donors (Lipinski definition) is 2. The first-order valence-corrected chi connectivity index (χ1v) is 6.93. The van der Waals surface area contributed by atoms with Gasteiger partial charge in [0.25, 0.3) is 0 Å². The molecule has 1 rings (SSSR count). The standard InChI is InChI=1S/C15H23N3O2/c1-10(2)14(19)17-8-6-12-5-7-16-13(9-12)18-15(20)11(3)4/h5,7,9-11H,6,8H2,1-4H3,(H,17,19)(H,16,18,20). The lowest BCUT2D eigenvalue weighted by Gasteiger charge is -2.09. The predicted molar refractivity (Wildman–Crippen MR) is 79.3 cm³/mol. The van der Waals surface area contributed by atoms with E-state index in [0.717, 1.165) is 5.56 Å². The number of nitrogens with one attached hydrogen (secondary N) is 2. The number of anilines is 1. The van der Waals surface area contributed by atoms with Gasteiger partial charge in [-0.3, -0.25) is 9.59 Å². The van der Waals surface area contributed by atoms with Crippen molar-refractivity contribution in [2.45, 2.75) is 34.1 Å². The second-order valence-corrected chi connectivity index (χ2v) is 5.39. The normalized spacial score (nSPS) is 10.7. The molecule has 0 aliphatic rings. The van der Waals surface area contributed by atoms with Crippen molar-refractivity contribution in [3.05, 3.63) is 23.9 Å². The van der Waals surface area contributed by atoms with Gasteiger partial charge in [0.15, 0.2) is 0 Å². The minimum Gasteiger partial charge on any atom is -0.356 e. The lowest BCUT2D eigenvalue weighted by molar-refractivity contribution is -0.124. The van der Waals surface area contributed by atoms with Gasteiger partial charge < -0.3 is 10.6 Å². The predicted octanol–water partition coefficient (Wildman–Crippen LogP) is 1.99. The summed E-state index contributed by atoms with van der Waals surface area (Å²) in [7, 11) is 0. The van der Waals surface area contributed by atoms with Gasteiger partial charge in [0.2, 0.25) is 11.8 Å². The Morgan fingerprint density at radius 3 is 2.40 bits per heavy atom. The monoisotopic (exact) mass is 277 g/mol. The number of hydrogen-bond acceptors (Lipinski definition) is 3. The molecule has 0 bridgehead atoms. The SMILES string of the molecule is CC(C)C(=O)NCCc1ccnc(NC(=O)C(C)C)c1. The number of amides is 2. The van der Waals surface area contributed by atoms with Crippen LogP contribution in [0.25, 0.3) is 0 Å². The van der Waals surface area contributed by atoms with Crippen molar-refractivity contribution < 1.29 is 9.59 Å². The summed E-state index contributed by atoms with van der Waals surface area (Å²) >= 11 is 0. The van der Waals surface area contributed by atoms with E-state index in [-0.39, 0.29) is 23.7 Å². The second kappa shape index (κ2) is 7.62.